The largest absolute Gasteiger partial charge is 0.338 e. The van der Waals surface area contributed by atoms with Crippen LogP contribution < -0.4 is 0 Å². The fourth-order valence-electron chi connectivity index (χ4n) is 2.71. The number of hydrogen-bond acceptors (Lipinski definition) is 2. The molecule has 141 valence electrons. The minimum atomic E-state index is 0. The summed E-state index contributed by atoms with van der Waals surface area (Å²) in [4.78, 5) is 26.5. The number of carbonyl (C=O) groups excluding carboxylic acids is 2. The molecule has 0 aromatic heterocycles. The molecule has 2 amide bonds. The molecule has 0 heterocycles. The van der Waals surface area contributed by atoms with Crippen LogP contribution in [0, 0.1) is 0 Å². The van der Waals surface area contributed by atoms with Crippen molar-refractivity contribution in [2.24, 2.45) is 0 Å². The number of rotatable bonds is 6. The molecule has 0 N–H and O–H groups in total. The monoisotopic (exact) mass is 373 g/mol. The first-order valence-electron chi connectivity index (χ1n) is 8.63. The summed E-state index contributed by atoms with van der Waals surface area (Å²) in [7, 11) is 0. The van der Waals surface area contributed by atoms with E-state index in [1.54, 1.807) is 0 Å². The molecular weight excluding hydrogens is 335 g/mol. The van der Waals surface area contributed by atoms with Crippen molar-refractivity contribution < 1.29 is 26.4 Å². The van der Waals surface area contributed by atoms with Crippen molar-refractivity contribution in [1.29, 1.82) is 0 Å². The molecule has 5 heteroatoms. The van der Waals surface area contributed by atoms with Crippen molar-refractivity contribution in [2.75, 3.05) is 0 Å². The molecule has 23 heavy (non-hydrogen) atoms. The SMILES string of the molecule is CCC(=O)N(C(C)C)C(C)C.CCC(=O)N(C(C)C)C(C)C.[Co]. The zero-order valence-electron chi connectivity index (χ0n) is 16.8. The molecule has 0 aromatic rings. The van der Waals surface area contributed by atoms with E-state index in [1.165, 1.54) is 0 Å². The van der Waals surface area contributed by atoms with Crippen molar-refractivity contribution in [2.45, 2.75) is 106 Å². The molecule has 0 unspecified atom stereocenters. The van der Waals surface area contributed by atoms with E-state index in [1.807, 2.05) is 79.0 Å². The van der Waals surface area contributed by atoms with E-state index in [2.05, 4.69) is 0 Å². The van der Waals surface area contributed by atoms with Crippen LogP contribution >= 0.6 is 0 Å². The molecule has 4 nitrogen and oxygen atoms in total. The molecule has 0 atom stereocenters. The van der Waals surface area contributed by atoms with Crippen LogP contribution in [0.2, 0.25) is 0 Å². The average molecular weight is 373 g/mol. The van der Waals surface area contributed by atoms with Crippen LogP contribution in [0.3, 0.4) is 0 Å². The van der Waals surface area contributed by atoms with Gasteiger partial charge < -0.3 is 9.80 Å². The standard InChI is InChI=1S/2C9H19NO.Co/c2*1-6-9(11)10(7(2)3)8(4)5;/h2*7-8H,6H2,1-5H3;. The Morgan fingerprint density at radius 1 is 0.609 bits per heavy atom. The zero-order valence-corrected chi connectivity index (χ0v) is 17.8. The van der Waals surface area contributed by atoms with E-state index in [4.69, 9.17) is 0 Å². The second kappa shape index (κ2) is 13.8. The molecule has 0 aliphatic heterocycles. The van der Waals surface area contributed by atoms with E-state index < -0.39 is 0 Å². The predicted molar refractivity (Wildman–Crippen MR) is 94.8 cm³/mol. The Morgan fingerprint density at radius 2 is 0.783 bits per heavy atom. The van der Waals surface area contributed by atoms with Crippen LogP contribution in [0.25, 0.3) is 0 Å². The summed E-state index contributed by atoms with van der Waals surface area (Å²) in [5.74, 6) is 0.491. The summed E-state index contributed by atoms with van der Waals surface area (Å²) in [6.45, 7) is 20.2. The number of carbonyl (C=O) groups is 2. The van der Waals surface area contributed by atoms with E-state index in [-0.39, 0.29) is 28.6 Å². The fourth-order valence-corrected chi connectivity index (χ4v) is 2.71. The van der Waals surface area contributed by atoms with Crippen LogP contribution in [0.1, 0.15) is 82.1 Å². The Balaban J connectivity index is -0.000000333. The normalized spacial score (nSPS) is 10.3. The molecule has 0 fully saturated rings. The van der Waals surface area contributed by atoms with Gasteiger partial charge in [-0.1, -0.05) is 13.8 Å². The Hall–Kier alpha value is -0.554. The van der Waals surface area contributed by atoms with Gasteiger partial charge in [0.15, 0.2) is 0 Å². The van der Waals surface area contributed by atoms with Crippen LogP contribution in [0.5, 0.6) is 0 Å². The van der Waals surface area contributed by atoms with Crippen LogP contribution in [-0.2, 0) is 26.4 Å². The molecule has 0 saturated heterocycles. The fraction of sp³-hybridized carbons (Fsp3) is 0.889. The average Bonchev–Trinajstić information content (AvgIpc) is 2.37. The Morgan fingerprint density at radius 3 is 0.826 bits per heavy atom. The second-order valence-electron chi connectivity index (χ2n) is 6.68. The van der Waals surface area contributed by atoms with Crippen molar-refractivity contribution in [1.82, 2.24) is 9.80 Å². The Bertz CT molecular complexity index is 281. The summed E-state index contributed by atoms with van der Waals surface area (Å²) < 4.78 is 0. The first kappa shape index (κ1) is 27.3. The summed E-state index contributed by atoms with van der Waals surface area (Å²) in [6.07, 6.45) is 1.21. The molecule has 0 aliphatic carbocycles. The first-order valence-corrected chi connectivity index (χ1v) is 8.63. The van der Waals surface area contributed by atoms with Gasteiger partial charge in [0.2, 0.25) is 11.8 Å². The van der Waals surface area contributed by atoms with Gasteiger partial charge in [0.05, 0.1) is 0 Å². The number of hydrogen-bond donors (Lipinski definition) is 0. The van der Waals surface area contributed by atoms with E-state index in [0.717, 1.165) is 0 Å². The molecule has 0 bridgehead atoms. The molecule has 0 rings (SSSR count). The van der Waals surface area contributed by atoms with Gasteiger partial charge in [-0.15, -0.1) is 0 Å². The van der Waals surface area contributed by atoms with Crippen molar-refractivity contribution in [3.05, 3.63) is 0 Å². The minimum Gasteiger partial charge on any atom is -0.338 e. The maximum absolute atomic E-state index is 11.3. The van der Waals surface area contributed by atoms with Gasteiger partial charge in [-0.05, 0) is 55.4 Å². The maximum Gasteiger partial charge on any atom is 0.222 e. The molecule has 0 saturated carbocycles. The quantitative estimate of drug-likeness (QED) is 0.704. The van der Waals surface area contributed by atoms with Crippen LogP contribution in [-0.4, -0.2) is 45.8 Å². The molecule has 0 spiro atoms. The van der Waals surface area contributed by atoms with Gasteiger partial charge in [0.1, 0.15) is 0 Å². The van der Waals surface area contributed by atoms with Crippen LogP contribution in [0.4, 0.5) is 0 Å². The van der Waals surface area contributed by atoms with Crippen molar-refractivity contribution >= 4 is 11.8 Å². The Labute approximate surface area is 154 Å². The van der Waals surface area contributed by atoms with Crippen molar-refractivity contribution in [3.8, 4) is 0 Å². The third kappa shape index (κ3) is 10.8. The van der Waals surface area contributed by atoms with Gasteiger partial charge in [-0.2, -0.15) is 0 Å². The van der Waals surface area contributed by atoms with Crippen molar-refractivity contribution in [3.63, 3.8) is 0 Å². The summed E-state index contributed by atoms with van der Waals surface area (Å²) >= 11 is 0. The topological polar surface area (TPSA) is 40.6 Å². The van der Waals surface area contributed by atoms with E-state index in [0.29, 0.717) is 37.0 Å². The van der Waals surface area contributed by atoms with Gasteiger partial charge >= 0.3 is 0 Å². The third-order valence-corrected chi connectivity index (χ3v) is 3.41. The predicted octanol–water partition coefficient (Wildman–Crippen LogP) is 4.08. The molecule has 0 aromatic carbocycles. The zero-order chi connectivity index (χ0) is 18.0. The third-order valence-electron chi connectivity index (χ3n) is 3.41. The maximum atomic E-state index is 11.3. The second-order valence-corrected chi connectivity index (χ2v) is 6.68. The smallest absolute Gasteiger partial charge is 0.222 e. The summed E-state index contributed by atoms with van der Waals surface area (Å²) in [5.41, 5.74) is 0. The van der Waals surface area contributed by atoms with Gasteiger partial charge in [-0.25, -0.2) is 0 Å². The number of amides is 2. The van der Waals surface area contributed by atoms with Crippen LogP contribution in [0.15, 0.2) is 0 Å². The molecule has 1 radical (unpaired) electrons. The van der Waals surface area contributed by atoms with Gasteiger partial charge in [0, 0.05) is 53.8 Å². The summed E-state index contributed by atoms with van der Waals surface area (Å²) in [6, 6.07) is 1.29. The van der Waals surface area contributed by atoms with E-state index in [9.17, 15) is 9.59 Å². The minimum absolute atomic E-state index is 0. The van der Waals surface area contributed by atoms with Gasteiger partial charge in [0.25, 0.3) is 0 Å². The van der Waals surface area contributed by atoms with Gasteiger partial charge in [-0.3, -0.25) is 9.59 Å². The molecule has 0 aliphatic rings. The molecular formula is C18H38CoN2O2. The Kier molecular flexibility index (Phi) is 16.4. The first-order chi connectivity index (χ1) is 10.0. The summed E-state index contributed by atoms with van der Waals surface area (Å²) in [5, 5.41) is 0. The van der Waals surface area contributed by atoms with E-state index >= 15 is 0 Å². The number of nitrogens with zero attached hydrogens (tertiary/aromatic N) is 2.